The summed E-state index contributed by atoms with van der Waals surface area (Å²) in [5.74, 6) is 0.0792. The summed E-state index contributed by atoms with van der Waals surface area (Å²) in [6, 6.07) is 7.09. The first-order chi connectivity index (χ1) is 8.03. The fourth-order valence-electron chi connectivity index (χ4n) is 1.29. The Morgan fingerprint density at radius 2 is 1.94 bits per heavy atom. The Morgan fingerprint density at radius 3 is 2.53 bits per heavy atom. The van der Waals surface area contributed by atoms with Crippen molar-refractivity contribution in [3.05, 3.63) is 29.8 Å². The van der Waals surface area contributed by atoms with Gasteiger partial charge in [0.25, 0.3) is 0 Å². The molecule has 0 unspecified atom stereocenters. The van der Waals surface area contributed by atoms with Gasteiger partial charge in [0.15, 0.2) is 0 Å². The van der Waals surface area contributed by atoms with Crippen molar-refractivity contribution in [3.8, 4) is 0 Å². The molecule has 6 heteroatoms. The van der Waals surface area contributed by atoms with E-state index in [0.29, 0.717) is 18.7 Å². The van der Waals surface area contributed by atoms with Crippen molar-refractivity contribution in [2.75, 3.05) is 25.2 Å². The van der Waals surface area contributed by atoms with Gasteiger partial charge in [-0.1, -0.05) is 12.1 Å². The molecule has 0 bridgehead atoms. The van der Waals surface area contributed by atoms with Gasteiger partial charge in [-0.15, -0.1) is 0 Å². The summed E-state index contributed by atoms with van der Waals surface area (Å²) < 4.78 is 30.4. The molecular weight excluding hydrogens is 240 g/mol. The zero-order valence-corrected chi connectivity index (χ0v) is 10.7. The number of benzene rings is 1. The number of nitrogens with two attached hydrogens (primary N) is 1. The Balaban J connectivity index is 2.41. The molecule has 3 N–H and O–H groups in total. The van der Waals surface area contributed by atoms with E-state index in [9.17, 15) is 8.42 Å². The van der Waals surface area contributed by atoms with E-state index in [2.05, 4.69) is 4.72 Å². The Hall–Kier alpha value is -1.11. The van der Waals surface area contributed by atoms with Crippen LogP contribution >= 0.6 is 0 Å². The van der Waals surface area contributed by atoms with Gasteiger partial charge in [0.2, 0.25) is 10.0 Å². The van der Waals surface area contributed by atoms with Gasteiger partial charge in [0, 0.05) is 25.9 Å². The van der Waals surface area contributed by atoms with E-state index in [0.717, 1.165) is 5.56 Å². The normalized spacial score (nSPS) is 11.6. The second kappa shape index (κ2) is 6.58. The lowest BCUT2D eigenvalue weighted by atomic mass is 10.2. The van der Waals surface area contributed by atoms with Crippen LogP contribution in [0.5, 0.6) is 0 Å². The van der Waals surface area contributed by atoms with Crippen LogP contribution in [0.2, 0.25) is 0 Å². The summed E-state index contributed by atoms with van der Waals surface area (Å²) >= 11 is 0. The minimum Gasteiger partial charge on any atom is -0.399 e. The summed E-state index contributed by atoms with van der Waals surface area (Å²) in [7, 11) is -1.67. The SMILES string of the molecule is COCCCS(=O)(=O)NCc1ccc(N)cc1. The lowest BCUT2D eigenvalue weighted by Gasteiger charge is -2.06. The summed E-state index contributed by atoms with van der Waals surface area (Å²) in [6.07, 6.45) is 0.494. The van der Waals surface area contributed by atoms with Crippen LogP contribution in [0.1, 0.15) is 12.0 Å². The third-order valence-corrected chi connectivity index (χ3v) is 3.65. The summed E-state index contributed by atoms with van der Waals surface area (Å²) in [5.41, 5.74) is 7.08. The summed E-state index contributed by atoms with van der Waals surface area (Å²) in [4.78, 5) is 0. The maximum atomic E-state index is 11.6. The molecule has 0 atom stereocenters. The van der Waals surface area contributed by atoms with Gasteiger partial charge in [-0.25, -0.2) is 13.1 Å². The van der Waals surface area contributed by atoms with Crippen molar-refractivity contribution < 1.29 is 13.2 Å². The highest BCUT2D eigenvalue weighted by molar-refractivity contribution is 7.89. The highest BCUT2D eigenvalue weighted by Crippen LogP contribution is 2.05. The van der Waals surface area contributed by atoms with Crippen molar-refractivity contribution in [2.24, 2.45) is 0 Å². The molecule has 1 aromatic rings. The van der Waals surface area contributed by atoms with Gasteiger partial charge in [0.1, 0.15) is 0 Å². The largest absolute Gasteiger partial charge is 0.399 e. The van der Waals surface area contributed by atoms with Crippen molar-refractivity contribution in [1.82, 2.24) is 4.72 Å². The van der Waals surface area contributed by atoms with Crippen LogP contribution in [0.15, 0.2) is 24.3 Å². The second-order valence-corrected chi connectivity index (χ2v) is 5.65. The van der Waals surface area contributed by atoms with Crippen molar-refractivity contribution >= 4 is 15.7 Å². The van der Waals surface area contributed by atoms with E-state index in [1.807, 2.05) is 0 Å². The third kappa shape index (κ3) is 5.67. The Labute approximate surface area is 102 Å². The van der Waals surface area contributed by atoms with Crippen molar-refractivity contribution in [3.63, 3.8) is 0 Å². The zero-order chi connectivity index (χ0) is 12.7. The van der Waals surface area contributed by atoms with Crippen LogP contribution in [0, 0.1) is 0 Å². The molecule has 1 aromatic carbocycles. The number of rotatable bonds is 7. The minimum atomic E-state index is -3.22. The first-order valence-electron chi connectivity index (χ1n) is 5.34. The minimum absolute atomic E-state index is 0.0792. The number of ether oxygens (including phenoxy) is 1. The van der Waals surface area contributed by atoms with Gasteiger partial charge < -0.3 is 10.5 Å². The summed E-state index contributed by atoms with van der Waals surface area (Å²) in [5, 5.41) is 0. The highest BCUT2D eigenvalue weighted by atomic mass is 32.2. The molecule has 0 heterocycles. The molecule has 0 aliphatic heterocycles. The molecule has 0 spiro atoms. The van der Waals surface area contributed by atoms with Crippen LogP contribution in [0.3, 0.4) is 0 Å². The number of sulfonamides is 1. The molecule has 0 fully saturated rings. The molecule has 0 saturated carbocycles. The lowest BCUT2D eigenvalue weighted by molar-refractivity contribution is 0.199. The van der Waals surface area contributed by atoms with Crippen molar-refractivity contribution in [2.45, 2.75) is 13.0 Å². The number of methoxy groups -OCH3 is 1. The van der Waals surface area contributed by atoms with Gasteiger partial charge in [-0.3, -0.25) is 0 Å². The fraction of sp³-hybridized carbons (Fsp3) is 0.455. The molecular formula is C11H18N2O3S. The van der Waals surface area contributed by atoms with Crippen molar-refractivity contribution in [1.29, 1.82) is 0 Å². The standard InChI is InChI=1S/C11H18N2O3S/c1-16-7-2-8-17(14,15)13-9-10-3-5-11(12)6-4-10/h3-6,13H,2,7-9,12H2,1H3. The van der Waals surface area contributed by atoms with Crippen LogP contribution < -0.4 is 10.5 Å². The summed E-state index contributed by atoms with van der Waals surface area (Å²) in [6.45, 7) is 0.735. The molecule has 0 aromatic heterocycles. The zero-order valence-electron chi connectivity index (χ0n) is 9.85. The predicted molar refractivity (Wildman–Crippen MR) is 68.0 cm³/mol. The Kier molecular flexibility index (Phi) is 5.40. The second-order valence-electron chi connectivity index (χ2n) is 3.73. The molecule has 17 heavy (non-hydrogen) atoms. The van der Waals surface area contributed by atoms with Gasteiger partial charge in [0.05, 0.1) is 5.75 Å². The molecule has 0 amide bonds. The van der Waals surface area contributed by atoms with Crippen LogP contribution in [0.4, 0.5) is 5.69 Å². The molecule has 0 aliphatic rings. The third-order valence-electron chi connectivity index (χ3n) is 2.24. The first-order valence-corrected chi connectivity index (χ1v) is 6.99. The monoisotopic (exact) mass is 258 g/mol. The molecule has 1 rings (SSSR count). The first kappa shape index (κ1) is 14.0. The highest BCUT2D eigenvalue weighted by Gasteiger charge is 2.09. The van der Waals surface area contributed by atoms with Crippen LogP contribution in [0.25, 0.3) is 0 Å². The van der Waals surface area contributed by atoms with Gasteiger partial charge in [-0.2, -0.15) is 0 Å². The average molecular weight is 258 g/mol. The molecule has 5 nitrogen and oxygen atoms in total. The smallest absolute Gasteiger partial charge is 0.211 e. The molecule has 0 aliphatic carbocycles. The number of anilines is 1. The van der Waals surface area contributed by atoms with E-state index in [4.69, 9.17) is 10.5 Å². The maximum Gasteiger partial charge on any atom is 0.211 e. The maximum absolute atomic E-state index is 11.6. The predicted octanol–water partition coefficient (Wildman–Crippen LogP) is 0.725. The molecule has 0 saturated heterocycles. The number of hydrogen-bond donors (Lipinski definition) is 2. The van der Waals surface area contributed by atoms with E-state index in [1.54, 1.807) is 31.4 Å². The Bertz CT molecular complexity index is 429. The van der Waals surface area contributed by atoms with Crippen LogP contribution in [-0.2, 0) is 21.3 Å². The fourth-order valence-corrected chi connectivity index (χ4v) is 2.32. The quantitative estimate of drug-likeness (QED) is 0.558. The van der Waals surface area contributed by atoms with E-state index >= 15 is 0 Å². The molecule has 96 valence electrons. The molecule has 0 radical (unpaired) electrons. The van der Waals surface area contributed by atoms with Gasteiger partial charge >= 0.3 is 0 Å². The number of nitrogens with one attached hydrogen (secondary N) is 1. The number of hydrogen-bond acceptors (Lipinski definition) is 4. The lowest BCUT2D eigenvalue weighted by Crippen LogP contribution is -2.26. The topological polar surface area (TPSA) is 81.4 Å². The van der Waals surface area contributed by atoms with Crippen LogP contribution in [-0.4, -0.2) is 27.9 Å². The number of nitrogen functional groups attached to an aromatic ring is 1. The van der Waals surface area contributed by atoms with E-state index in [-0.39, 0.29) is 12.3 Å². The Morgan fingerprint density at radius 1 is 1.29 bits per heavy atom. The average Bonchev–Trinajstić information content (AvgIpc) is 2.29. The van der Waals surface area contributed by atoms with E-state index < -0.39 is 10.0 Å². The van der Waals surface area contributed by atoms with E-state index in [1.165, 1.54) is 0 Å². The van der Waals surface area contributed by atoms with Gasteiger partial charge in [-0.05, 0) is 24.1 Å².